The molecule has 1 unspecified atom stereocenters. The standard InChI is InChI=1S/C32H23ClF3N3O3/c33-28-25(15-20-8-4-10-22-16-37-13-12-24(20)22)27(21-9-5-11-23(14-21)32(34,35)36)29-38(17-19-6-2-1-3-7-19)18-26(31(41)42)39(29)30(28)40/h1-14,16,26H,15,17-18H2,(H,41,42). The average molecular weight is 590 g/mol. The molecule has 0 fully saturated rings. The molecule has 42 heavy (non-hydrogen) atoms. The fourth-order valence-electron chi connectivity index (χ4n) is 5.66. The van der Waals surface area contributed by atoms with Crippen LogP contribution >= 0.6 is 11.6 Å². The number of aliphatic carboxylic acids is 1. The second-order valence-corrected chi connectivity index (χ2v) is 10.5. The first-order valence-electron chi connectivity index (χ1n) is 13.1. The molecule has 3 aromatic carbocycles. The summed E-state index contributed by atoms with van der Waals surface area (Å²) in [7, 11) is 0. The molecule has 3 heterocycles. The molecule has 10 heteroatoms. The number of aromatic nitrogens is 2. The summed E-state index contributed by atoms with van der Waals surface area (Å²) in [6, 6.07) is 20.2. The highest BCUT2D eigenvalue weighted by Crippen LogP contribution is 2.44. The molecule has 6 nitrogen and oxygen atoms in total. The molecule has 2 aromatic heterocycles. The van der Waals surface area contributed by atoms with Gasteiger partial charge in [-0.2, -0.15) is 13.2 Å². The van der Waals surface area contributed by atoms with E-state index in [9.17, 15) is 27.9 Å². The van der Waals surface area contributed by atoms with Gasteiger partial charge in [0.2, 0.25) is 0 Å². The van der Waals surface area contributed by atoms with Crippen LogP contribution in [-0.4, -0.2) is 27.2 Å². The van der Waals surface area contributed by atoms with Gasteiger partial charge in [-0.3, -0.25) is 14.3 Å². The molecule has 0 bridgehead atoms. The lowest BCUT2D eigenvalue weighted by Gasteiger charge is -2.25. The number of hydrogen-bond donors (Lipinski definition) is 1. The van der Waals surface area contributed by atoms with E-state index in [1.54, 1.807) is 17.3 Å². The first-order chi connectivity index (χ1) is 20.1. The van der Waals surface area contributed by atoms with Crippen LogP contribution in [0.2, 0.25) is 5.02 Å². The number of anilines is 1. The van der Waals surface area contributed by atoms with E-state index in [0.29, 0.717) is 5.56 Å². The van der Waals surface area contributed by atoms with E-state index in [0.717, 1.165) is 38.6 Å². The van der Waals surface area contributed by atoms with Crippen molar-refractivity contribution in [3.63, 3.8) is 0 Å². The van der Waals surface area contributed by atoms with E-state index in [2.05, 4.69) is 4.98 Å². The van der Waals surface area contributed by atoms with Gasteiger partial charge in [0.1, 0.15) is 10.8 Å². The number of benzene rings is 3. The zero-order chi connectivity index (χ0) is 29.6. The van der Waals surface area contributed by atoms with Gasteiger partial charge in [-0.05, 0) is 45.8 Å². The average Bonchev–Trinajstić information content (AvgIpc) is 3.35. The molecule has 5 aromatic rings. The van der Waals surface area contributed by atoms with Gasteiger partial charge >= 0.3 is 12.1 Å². The number of nitrogens with zero attached hydrogens (tertiary/aromatic N) is 3. The highest BCUT2D eigenvalue weighted by molar-refractivity contribution is 6.32. The number of fused-ring (bicyclic) bond motifs is 2. The monoisotopic (exact) mass is 589 g/mol. The van der Waals surface area contributed by atoms with Crippen molar-refractivity contribution in [1.29, 1.82) is 0 Å². The first kappa shape index (κ1) is 27.5. The van der Waals surface area contributed by atoms with Crippen molar-refractivity contribution in [3.05, 3.63) is 129 Å². The van der Waals surface area contributed by atoms with Gasteiger partial charge in [-0.25, -0.2) is 4.79 Å². The van der Waals surface area contributed by atoms with Crippen LogP contribution < -0.4 is 10.5 Å². The van der Waals surface area contributed by atoms with Crippen molar-refractivity contribution in [2.45, 2.75) is 25.2 Å². The van der Waals surface area contributed by atoms with Crippen LogP contribution in [0, 0.1) is 0 Å². The predicted molar refractivity (Wildman–Crippen MR) is 155 cm³/mol. The third-order valence-corrected chi connectivity index (χ3v) is 7.94. The first-order valence-corrected chi connectivity index (χ1v) is 13.5. The predicted octanol–water partition coefficient (Wildman–Crippen LogP) is 6.97. The molecule has 0 radical (unpaired) electrons. The maximum atomic E-state index is 13.9. The summed E-state index contributed by atoms with van der Waals surface area (Å²) in [5.41, 5.74) is 0.842. The van der Waals surface area contributed by atoms with Gasteiger partial charge in [0.25, 0.3) is 5.56 Å². The SMILES string of the molecule is O=C(O)C1CN(Cc2ccccc2)c2c(-c3cccc(C(F)(F)F)c3)c(Cc3cccc4cnccc34)c(Cl)c(=O)n21. The van der Waals surface area contributed by atoms with Gasteiger partial charge < -0.3 is 10.0 Å². The molecule has 0 saturated heterocycles. The van der Waals surface area contributed by atoms with Crippen LogP contribution in [0.5, 0.6) is 0 Å². The second kappa shape index (κ2) is 10.6. The zero-order valence-corrected chi connectivity index (χ0v) is 22.7. The van der Waals surface area contributed by atoms with E-state index in [1.807, 2.05) is 54.6 Å². The van der Waals surface area contributed by atoms with E-state index in [-0.39, 0.29) is 41.5 Å². The molecular formula is C32H23ClF3N3O3. The van der Waals surface area contributed by atoms with Crippen molar-refractivity contribution in [2.24, 2.45) is 0 Å². The molecule has 0 spiro atoms. The van der Waals surface area contributed by atoms with Crippen LogP contribution in [-0.2, 0) is 23.9 Å². The van der Waals surface area contributed by atoms with E-state index < -0.39 is 29.3 Å². The molecule has 212 valence electrons. The molecule has 1 aliphatic heterocycles. The van der Waals surface area contributed by atoms with E-state index in [4.69, 9.17) is 11.6 Å². The Hall–Kier alpha value is -4.63. The van der Waals surface area contributed by atoms with Gasteiger partial charge in [-0.1, -0.05) is 72.3 Å². The van der Waals surface area contributed by atoms with Gasteiger partial charge in [-0.15, -0.1) is 0 Å². The minimum Gasteiger partial charge on any atom is -0.480 e. The number of pyridine rings is 2. The number of rotatable bonds is 6. The molecule has 6 rings (SSSR count). The Bertz CT molecular complexity index is 1880. The molecule has 0 aliphatic carbocycles. The van der Waals surface area contributed by atoms with Crippen LogP contribution in [0.25, 0.3) is 21.9 Å². The number of hydrogen-bond acceptors (Lipinski definition) is 4. The van der Waals surface area contributed by atoms with Crippen LogP contribution in [0.3, 0.4) is 0 Å². The fraction of sp³-hybridized carbons (Fsp3) is 0.156. The lowest BCUT2D eigenvalue weighted by atomic mass is 9.92. The minimum atomic E-state index is -4.62. The minimum absolute atomic E-state index is 0.0643. The molecule has 0 amide bonds. The van der Waals surface area contributed by atoms with Crippen molar-refractivity contribution >= 4 is 34.2 Å². The Morgan fingerprint density at radius 1 is 1.02 bits per heavy atom. The second-order valence-electron chi connectivity index (χ2n) is 10.2. The summed E-state index contributed by atoms with van der Waals surface area (Å²) in [5.74, 6) is -1.02. The Morgan fingerprint density at radius 3 is 2.52 bits per heavy atom. The van der Waals surface area contributed by atoms with E-state index >= 15 is 0 Å². The lowest BCUT2D eigenvalue weighted by Crippen LogP contribution is -2.29. The van der Waals surface area contributed by atoms with Crippen LogP contribution in [0.4, 0.5) is 19.0 Å². The molecule has 1 aliphatic rings. The molecule has 1 N–H and O–H groups in total. The number of halogens is 4. The number of carboxylic acids is 1. The summed E-state index contributed by atoms with van der Waals surface area (Å²) in [6.07, 6.45) is -1.17. The quantitative estimate of drug-likeness (QED) is 0.231. The van der Waals surface area contributed by atoms with Crippen molar-refractivity contribution in [2.75, 3.05) is 11.4 Å². The highest BCUT2D eigenvalue weighted by atomic mass is 35.5. The van der Waals surface area contributed by atoms with Gasteiger partial charge in [0.05, 0.1) is 12.1 Å². The van der Waals surface area contributed by atoms with E-state index in [1.165, 1.54) is 12.1 Å². The third kappa shape index (κ3) is 4.90. The zero-order valence-electron chi connectivity index (χ0n) is 22.0. The Morgan fingerprint density at radius 2 is 1.79 bits per heavy atom. The maximum Gasteiger partial charge on any atom is 0.416 e. The smallest absolute Gasteiger partial charge is 0.416 e. The summed E-state index contributed by atoms with van der Waals surface area (Å²) >= 11 is 6.76. The topological polar surface area (TPSA) is 75.4 Å². The Balaban J connectivity index is 1.66. The molecular weight excluding hydrogens is 567 g/mol. The van der Waals surface area contributed by atoms with Gasteiger partial charge in [0, 0.05) is 36.3 Å². The van der Waals surface area contributed by atoms with Gasteiger partial charge in [0.15, 0.2) is 6.04 Å². The Labute approximate surface area is 243 Å². The summed E-state index contributed by atoms with van der Waals surface area (Å²) < 4.78 is 42.8. The maximum absolute atomic E-state index is 13.9. The summed E-state index contributed by atoms with van der Waals surface area (Å²) in [4.78, 5) is 32.1. The highest BCUT2D eigenvalue weighted by Gasteiger charge is 2.39. The Kier molecular flexibility index (Phi) is 6.98. The van der Waals surface area contributed by atoms with Crippen LogP contribution in [0.15, 0.2) is 96.1 Å². The summed E-state index contributed by atoms with van der Waals surface area (Å²) in [5, 5.41) is 11.6. The number of carboxylic acid groups (broad SMARTS) is 1. The molecule has 0 saturated carbocycles. The number of carbonyl (C=O) groups is 1. The number of alkyl halides is 3. The summed E-state index contributed by atoms with van der Waals surface area (Å²) in [6.45, 7) is 0.169. The van der Waals surface area contributed by atoms with Crippen molar-refractivity contribution in [3.8, 4) is 11.1 Å². The normalized spacial score (nSPS) is 14.8. The third-order valence-electron chi connectivity index (χ3n) is 7.55. The lowest BCUT2D eigenvalue weighted by molar-refractivity contribution is -0.140. The van der Waals surface area contributed by atoms with Crippen molar-refractivity contribution in [1.82, 2.24) is 9.55 Å². The fourth-order valence-corrected chi connectivity index (χ4v) is 5.91. The largest absolute Gasteiger partial charge is 0.480 e. The van der Waals surface area contributed by atoms with Crippen LogP contribution in [0.1, 0.15) is 28.3 Å². The molecule has 1 atom stereocenters. The van der Waals surface area contributed by atoms with Crippen molar-refractivity contribution < 1.29 is 23.1 Å².